The van der Waals surface area contributed by atoms with Gasteiger partial charge in [-0.15, -0.1) is 5.48 Å². The summed E-state index contributed by atoms with van der Waals surface area (Å²) in [7, 11) is -4.30. The van der Waals surface area contributed by atoms with E-state index in [1.807, 2.05) is 0 Å². The number of hydrogen-bond acceptors (Lipinski definition) is 9. The zero-order valence-electron chi connectivity index (χ0n) is 18.5. The van der Waals surface area contributed by atoms with Gasteiger partial charge in [0.05, 0.1) is 17.4 Å². The fourth-order valence-corrected chi connectivity index (χ4v) is 4.51. The van der Waals surface area contributed by atoms with Gasteiger partial charge in [0.2, 0.25) is 4.57 Å². The smallest absolute Gasteiger partial charge is 0.435 e. The third-order valence-electron chi connectivity index (χ3n) is 4.15. The number of ether oxygens (including phenoxy) is 1. The molecule has 2 amide bonds. The van der Waals surface area contributed by atoms with Crippen molar-refractivity contribution >= 4 is 49.8 Å². The molecular formula is C18H23BrFN7O6S. The van der Waals surface area contributed by atoms with E-state index in [0.717, 1.165) is 0 Å². The summed E-state index contributed by atoms with van der Waals surface area (Å²) in [6, 6.07) is 5.12. The Morgan fingerprint density at radius 2 is 1.97 bits per heavy atom. The largest absolute Gasteiger partial charge is 0.443 e. The molecule has 0 radical (unpaired) electrons. The molecule has 1 aliphatic rings. The molecule has 1 saturated heterocycles. The van der Waals surface area contributed by atoms with Crippen LogP contribution in [0.1, 0.15) is 33.3 Å². The second-order valence-corrected chi connectivity index (χ2v) is 10.7. The Morgan fingerprint density at radius 3 is 2.59 bits per heavy atom. The van der Waals surface area contributed by atoms with E-state index in [-0.39, 0.29) is 5.82 Å². The zero-order chi connectivity index (χ0) is 25.3. The van der Waals surface area contributed by atoms with Gasteiger partial charge in [-0.25, -0.2) is 23.6 Å². The summed E-state index contributed by atoms with van der Waals surface area (Å²) in [6.45, 7) is 6.22. The van der Waals surface area contributed by atoms with Crippen LogP contribution in [0.3, 0.4) is 0 Å². The van der Waals surface area contributed by atoms with Gasteiger partial charge in [-0.05, 0) is 67.9 Å². The number of rotatable bonds is 7. The van der Waals surface area contributed by atoms with Crippen LogP contribution < -0.4 is 25.1 Å². The molecule has 2 unspecified atom stereocenters. The predicted octanol–water partition coefficient (Wildman–Crippen LogP) is 2.33. The van der Waals surface area contributed by atoms with Crippen LogP contribution in [0.15, 0.2) is 30.5 Å². The van der Waals surface area contributed by atoms with E-state index in [1.165, 1.54) is 42.3 Å². The van der Waals surface area contributed by atoms with Crippen LogP contribution in [-0.4, -0.2) is 42.6 Å². The fraction of sp³-hybridized carbons (Fsp3) is 0.389. The van der Waals surface area contributed by atoms with Gasteiger partial charge in [0.15, 0.2) is 5.82 Å². The normalized spacial score (nSPS) is 19.5. The molecule has 0 bridgehead atoms. The van der Waals surface area contributed by atoms with Crippen LogP contribution in [0, 0.1) is 5.82 Å². The Labute approximate surface area is 203 Å². The third-order valence-corrected chi connectivity index (χ3v) is 6.19. The third kappa shape index (κ3) is 5.94. The predicted molar refractivity (Wildman–Crippen MR) is 122 cm³/mol. The first-order valence-electron chi connectivity index (χ1n) is 9.77. The minimum absolute atomic E-state index is 0.127. The van der Waals surface area contributed by atoms with Crippen molar-refractivity contribution in [2.75, 3.05) is 10.2 Å². The number of anilines is 2. The van der Waals surface area contributed by atoms with Gasteiger partial charge in [0.25, 0.3) is 0 Å². The number of carbonyl (C=O) groups excluding carboxylic acids is 2. The van der Waals surface area contributed by atoms with E-state index >= 15 is 0 Å². The molecule has 2 atom stereocenters. The van der Waals surface area contributed by atoms with Crippen molar-refractivity contribution in [1.29, 1.82) is 0 Å². The number of H-pyrrole nitrogens is 1. The number of hydrogen-bond donors (Lipinski definition) is 5. The summed E-state index contributed by atoms with van der Waals surface area (Å²) in [5, 5.41) is 9.48. The number of carbonyl (C=O) groups is 2. The zero-order valence-corrected chi connectivity index (χ0v) is 20.9. The molecule has 1 aliphatic heterocycles. The molecule has 34 heavy (non-hydrogen) atoms. The topological polar surface area (TPSA) is 167 Å². The van der Waals surface area contributed by atoms with Gasteiger partial charge in [-0.2, -0.15) is 18.2 Å². The highest BCUT2D eigenvalue weighted by Crippen LogP contribution is 2.42. The van der Waals surface area contributed by atoms with E-state index in [0.29, 0.717) is 11.3 Å². The molecule has 0 aliphatic carbocycles. The van der Waals surface area contributed by atoms with E-state index in [4.69, 9.17) is 9.57 Å². The maximum Gasteiger partial charge on any atom is 0.435 e. The Hall–Kier alpha value is -2.95. The minimum atomic E-state index is -4.30. The second-order valence-electron chi connectivity index (χ2n) is 8.14. The molecule has 13 nitrogen and oxygen atoms in total. The monoisotopic (exact) mass is 563 g/mol. The van der Waals surface area contributed by atoms with Crippen molar-refractivity contribution < 1.29 is 32.0 Å². The molecule has 3 rings (SSSR count). The average molecular weight is 564 g/mol. The number of aromatic nitrogens is 2. The molecule has 16 heteroatoms. The van der Waals surface area contributed by atoms with E-state index in [9.17, 15) is 22.4 Å². The number of aromatic amines is 1. The molecule has 2 heterocycles. The van der Waals surface area contributed by atoms with Gasteiger partial charge in [0.1, 0.15) is 11.4 Å². The van der Waals surface area contributed by atoms with Gasteiger partial charge >= 0.3 is 22.4 Å². The minimum Gasteiger partial charge on any atom is -0.443 e. The van der Waals surface area contributed by atoms with Crippen molar-refractivity contribution in [3.05, 3.63) is 41.8 Å². The highest BCUT2D eigenvalue weighted by Gasteiger charge is 2.50. The number of benzene rings is 1. The lowest BCUT2D eigenvalue weighted by atomic mass is 10.2. The average Bonchev–Trinajstić information content (AvgIpc) is 3.25. The molecule has 0 saturated carbocycles. The SMILES string of the molecule is CC(Nc1n[nH]cc1C1(Br)NOC(=O)N1c1ccc(F)cc1)NS(=O)(=O)NC(=O)OC(C)(C)C. The first-order chi connectivity index (χ1) is 15.7. The summed E-state index contributed by atoms with van der Waals surface area (Å²) in [6.07, 6.45) is -1.47. The van der Waals surface area contributed by atoms with Crippen molar-refractivity contribution in [3.63, 3.8) is 0 Å². The molecule has 1 aromatic heterocycles. The summed E-state index contributed by atoms with van der Waals surface area (Å²) >= 11 is 3.42. The highest BCUT2D eigenvalue weighted by molar-refractivity contribution is 9.09. The van der Waals surface area contributed by atoms with Crippen LogP contribution in [0.2, 0.25) is 0 Å². The highest BCUT2D eigenvalue weighted by atomic mass is 79.9. The molecule has 2 aromatic rings. The van der Waals surface area contributed by atoms with Gasteiger partial charge in [-0.3, -0.25) is 5.10 Å². The van der Waals surface area contributed by atoms with Crippen LogP contribution in [0.25, 0.3) is 0 Å². The quantitative estimate of drug-likeness (QED) is 0.193. The standard InChI is InChI=1S/C18H23BrFN7O6S/c1-10(24-34(30,31)25-15(28)32-17(2,3)4)22-14-13(9-21-23-14)18(19)26-33-16(29)27(18)12-7-5-11(20)6-8-12/h5-10,24,26H,1-4H3,(H,25,28)(H2,21,22,23). The summed E-state index contributed by atoms with van der Waals surface area (Å²) in [4.78, 5) is 30.3. The van der Waals surface area contributed by atoms with Gasteiger partial charge in [-0.1, -0.05) is 0 Å². The number of hydroxylamine groups is 1. The van der Waals surface area contributed by atoms with E-state index < -0.39 is 44.6 Å². The molecule has 5 N–H and O–H groups in total. The van der Waals surface area contributed by atoms with Gasteiger partial charge < -0.3 is 14.9 Å². The van der Waals surface area contributed by atoms with Crippen molar-refractivity contribution in [2.45, 2.75) is 44.0 Å². The first-order valence-corrected chi connectivity index (χ1v) is 12.0. The number of halogens is 2. The Kier molecular flexibility index (Phi) is 7.07. The molecule has 186 valence electrons. The van der Waals surface area contributed by atoms with Crippen LogP contribution in [0.5, 0.6) is 0 Å². The lowest BCUT2D eigenvalue weighted by Crippen LogP contribution is -2.48. The van der Waals surface area contributed by atoms with E-state index in [1.54, 1.807) is 25.5 Å². The van der Waals surface area contributed by atoms with Crippen molar-refractivity contribution in [1.82, 2.24) is 25.1 Å². The molecule has 1 fully saturated rings. The second kappa shape index (κ2) is 9.36. The molecular weight excluding hydrogens is 541 g/mol. The van der Waals surface area contributed by atoms with Crippen LogP contribution >= 0.6 is 15.9 Å². The number of alkyl halides is 1. The lowest BCUT2D eigenvalue weighted by Gasteiger charge is -2.29. The summed E-state index contributed by atoms with van der Waals surface area (Å²) < 4.78 is 45.3. The first kappa shape index (κ1) is 25.7. The van der Waals surface area contributed by atoms with E-state index in [2.05, 4.69) is 41.6 Å². The fourth-order valence-electron chi connectivity index (χ4n) is 2.94. The number of nitrogens with one attached hydrogen (secondary N) is 5. The Balaban J connectivity index is 1.76. The maximum absolute atomic E-state index is 13.4. The molecule has 0 spiro atoms. The van der Waals surface area contributed by atoms with Crippen molar-refractivity contribution in [2.24, 2.45) is 0 Å². The Morgan fingerprint density at radius 1 is 1.32 bits per heavy atom. The van der Waals surface area contributed by atoms with Crippen LogP contribution in [0.4, 0.5) is 25.5 Å². The van der Waals surface area contributed by atoms with Crippen LogP contribution in [-0.2, 0) is 24.4 Å². The Bertz CT molecular complexity index is 1170. The summed E-state index contributed by atoms with van der Waals surface area (Å²) in [5.41, 5.74) is 2.26. The van der Waals surface area contributed by atoms with Gasteiger partial charge in [0, 0.05) is 6.20 Å². The summed E-state index contributed by atoms with van der Waals surface area (Å²) in [5.74, 6) is -0.363. The maximum atomic E-state index is 13.4. The molecule has 1 aromatic carbocycles. The number of nitrogens with zero attached hydrogens (tertiary/aromatic N) is 2. The lowest BCUT2D eigenvalue weighted by molar-refractivity contribution is 0.0569. The van der Waals surface area contributed by atoms with Crippen molar-refractivity contribution in [3.8, 4) is 0 Å². The number of amides is 2.